The topological polar surface area (TPSA) is 58.2 Å². The average Bonchev–Trinajstić information content (AvgIpc) is 2.44. The molecule has 0 aromatic rings. The molecule has 1 fully saturated rings. The maximum Gasteiger partial charge on any atom is 0.245 e. The average molecular weight is 328 g/mol. The summed E-state index contributed by atoms with van der Waals surface area (Å²) in [6.07, 6.45) is 11.8. The molecular weight excluding hydrogens is 300 g/mol. The standard InChI is InChI=1S/C20H28N2O2/c1-14(7-8-17-15(2)6-5-10-20(17,3)4)9-11-21-18(23)12-16-13-19(24)22-16/h7-9,12H,5-6,10-11,13H2,1-4H3,(H,21,23)(H,22,24)/b8-7+,14-9+,16-12-. The first-order valence-electron chi connectivity index (χ1n) is 8.61. The smallest absolute Gasteiger partial charge is 0.245 e. The highest BCUT2D eigenvalue weighted by Crippen LogP contribution is 2.40. The van der Waals surface area contributed by atoms with Gasteiger partial charge in [0, 0.05) is 18.3 Å². The summed E-state index contributed by atoms with van der Waals surface area (Å²) >= 11 is 0. The molecule has 130 valence electrons. The van der Waals surface area contributed by atoms with E-state index in [0.717, 1.165) is 5.57 Å². The molecule has 2 aliphatic rings. The Morgan fingerprint density at radius 1 is 1.38 bits per heavy atom. The minimum Gasteiger partial charge on any atom is -0.349 e. The summed E-state index contributed by atoms with van der Waals surface area (Å²) in [5.41, 5.74) is 4.97. The Hall–Kier alpha value is -2.10. The molecule has 0 aromatic carbocycles. The van der Waals surface area contributed by atoms with Gasteiger partial charge < -0.3 is 10.6 Å². The molecule has 1 aliphatic carbocycles. The molecule has 2 rings (SSSR count). The van der Waals surface area contributed by atoms with Crippen LogP contribution in [0.3, 0.4) is 0 Å². The first-order chi connectivity index (χ1) is 11.3. The normalized spacial score (nSPS) is 22.6. The van der Waals surface area contributed by atoms with Crippen molar-refractivity contribution in [2.24, 2.45) is 5.41 Å². The van der Waals surface area contributed by atoms with Gasteiger partial charge in [-0.05, 0) is 44.1 Å². The second-order valence-corrected chi connectivity index (χ2v) is 7.35. The second kappa shape index (κ2) is 7.65. The summed E-state index contributed by atoms with van der Waals surface area (Å²) < 4.78 is 0. The van der Waals surface area contributed by atoms with Crippen LogP contribution in [0, 0.1) is 5.41 Å². The minimum absolute atomic E-state index is 0.0369. The number of hydrogen-bond donors (Lipinski definition) is 2. The number of carbonyl (C=O) groups is 2. The van der Waals surface area contributed by atoms with Crippen LogP contribution in [0.1, 0.15) is 53.4 Å². The monoisotopic (exact) mass is 328 g/mol. The van der Waals surface area contributed by atoms with Crippen molar-refractivity contribution in [1.82, 2.24) is 10.6 Å². The van der Waals surface area contributed by atoms with E-state index in [-0.39, 0.29) is 17.2 Å². The number of nitrogens with one attached hydrogen (secondary N) is 2. The number of hydrogen-bond acceptors (Lipinski definition) is 2. The van der Waals surface area contributed by atoms with E-state index >= 15 is 0 Å². The quantitative estimate of drug-likeness (QED) is 0.461. The molecule has 24 heavy (non-hydrogen) atoms. The van der Waals surface area contributed by atoms with Gasteiger partial charge in [0.1, 0.15) is 0 Å². The Balaban J connectivity index is 1.86. The molecule has 4 nitrogen and oxygen atoms in total. The highest BCUT2D eigenvalue weighted by molar-refractivity contribution is 5.94. The van der Waals surface area contributed by atoms with Gasteiger partial charge in [0.15, 0.2) is 0 Å². The van der Waals surface area contributed by atoms with Crippen LogP contribution in [0.2, 0.25) is 0 Å². The van der Waals surface area contributed by atoms with E-state index in [2.05, 4.69) is 43.6 Å². The Labute approximate surface area is 144 Å². The zero-order valence-corrected chi connectivity index (χ0v) is 15.2. The zero-order chi connectivity index (χ0) is 17.7. The molecule has 0 spiro atoms. The minimum atomic E-state index is -0.176. The van der Waals surface area contributed by atoms with Crippen molar-refractivity contribution in [3.05, 3.63) is 46.7 Å². The zero-order valence-electron chi connectivity index (χ0n) is 15.2. The van der Waals surface area contributed by atoms with E-state index in [1.807, 2.05) is 13.0 Å². The van der Waals surface area contributed by atoms with Crippen LogP contribution in [0.25, 0.3) is 0 Å². The van der Waals surface area contributed by atoms with Gasteiger partial charge in [0.05, 0.1) is 6.42 Å². The molecule has 4 heteroatoms. The molecule has 0 radical (unpaired) electrons. The van der Waals surface area contributed by atoms with Crippen molar-refractivity contribution in [2.75, 3.05) is 6.54 Å². The maximum absolute atomic E-state index is 11.7. The number of amides is 2. The van der Waals surface area contributed by atoms with E-state index in [0.29, 0.717) is 18.7 Å². The third-order valence-electron chi connectivity index (χ3n) is 4.71. The Kier molecular flexibility index (Phi) is 5.81. The lowest BCUT2D eigenvalue weighted by Crippen LogP contribution is -2.36. The van der Waals surface area contributed by atoms with E-state index in [4.69, 9.17) is 0 Å². The summed E-state index contributed by atoms with van der Waals surface area (Å²) in [4.78, 5) is 22.4. The Morgan fingerprint density at radius 3 is 2.71 bits per heavy atom. The fraction of sp³-hybridized carbons (Fsp3) is 0.500. The van der Waals surface area contributed by atoms with Crippen LogP contribution < -0.4 is 10.6 Å². The van der Waals surface area contributed by atoms with Crippen molar-refractivity contribution in [1.29, 1.82) is 0 Å². The van der Waals surface area contributed by atoms with Gasteiger partial charge in [0.25, 0.3) is 0 Å². The molecule has 0 unspecified atom stereocenters. The van der Waals surface area contributed by atoms with Crippen LogP contribution in [0.5, 0.6) is 0 Å². The molecule has 0 aromatic heterocycles. The van der Waals surface area contributed by atoms with Crippen LogP contribution in [-0.2, 0) is 9.59 Å². The lowest BCUT2D eigenvalue weighted by molar-refractivity contribution is -0.123. The summed E-state index contributed by atoms with van der Waals surface area (Å²) in [7, 11) is 0. The van der Waals surface area contributed by atoms with E-state index < -0.39 is 0 Å². The number of carbonyl (C=O) groups excluding carboxylic acids is 2. The van der Waals surface area contributed by atoms with Crippen molar-refractivity contribution in [3.8, 4) is 0 Å². The van der Waals surface area contributed by atoms with E-state index in [1.54, 1.807) is 0 Å². The third kappa shape index (κ3) is 4.95. The van der Waals surface area contributed by atoms with Gasteiger partial charge >= 0.3 is 0 Å². The second-order valence-electron chi connectivity index (χ2n) is 7.35. The number of allylic oxidation sites excluding steroid dienone is 5. The molecule has 1 aliphatic heterocycles. The highest BCUT2D eigenvalue weighted by Gasteiger charge is 2.26. The van der Waals surface area contributed by atoms with Crippen molar-refractivity contribution < 1.29 is 9.59 Å². The number of rotatable bonds is 5. The summed E-state index contributed by atoms with van der Waals surface area (Å²) in [5, 5.41) is 5.37. The fourth-order valence-corrected chi connectivity index (χ4v) is 3.24. The molecule has 2 amide bonds. The van der Waals surface area contributed by atoms with Gasteiger partial charge in [-0.3, -0.25) is 9.59 Å². The van der Waals surface area contributed by atoms with Gasteiger partial charge in [-0.15, -0.1) is 0 Å². The van der Waals surface area contributed by atoms with Crippen molar-refractivity contribution in [3.63, 3.8) is 0 Å². The van der Waals surface area contributed by atoms with Gasteiger partial charge in [-0.2, -0.15) is 0 Å². The van der Waals surface area contributed by atoms with Crippen molar-refractivity contribution >= 4 is 11.8 Å². The molecule has 0 atom stereocenters. The lowest BCUT2D eigenvalue weighted by atomic mass is 9.72. The lowest BCUT2D eigenvalue weighted by Gasteiger charge is -2.32. The fourth-order valence-electron chi connectivity index (χ4n) is 3.24. The molecule has 0 saturated carbocycles. The van der Waals surface area contributed by atoms with Crippen LogP contribution in [0.15, 0.2) is 46.7 Å². The van der Waals surface area contributed by atoms with E-state index in [1.165, 1.54) is 36.5 Å². The molecular formula is C20H28N2O2. The summed E-state index contributed by atoms with van der Waals surface area (Å²) in [6, 6.07) is 0. The van der Waals surface area contributed by atoms with E-state index in [9.17, 15) is 9.59 Å². The maximum atomic E-state index is 11.7. The molecule has 2 N–H and O–H groups in total. The predicted octanol–water partition coefficient (Wildman–Crippen LogP) is 3.54. The van der Waals surface area contributed by atoms with Crippen LogP contribution in [0.4, 0.5) is 0 Å². The van der Waals surface area contributed by atoms with Gasteiger partial charge in [-0.25, -0.2) is 0 Å². The largest absolute Gasteiger partial charge is 0.349 e. The highest BCUT2D eigenvalue weighted by atomic mass is 16.2. The third-order valence-corrected chi connectivity index (χ3v) is 4.71. The van der Waals surface area contributed by atoms with Gasteiger partial charge in [0.2, 0.25) is 11.8 Å². The van der Waals surface area contributed by atoms with Gasteiger partial charge in [-0.1, -0.05) is 43.2 Å². The molecule has 1 heterocycles. The first-order valence-corrected chi connectivity index (χ1v) is 8.61. The SMILES string of the molecule is CC1=C(/C=C/C(C)=C/CNC(=O)/C=C2/CC(=O)N2)C(C)(C)CCC1. The van der Waals surface area contributed by atoms with Crippen molar-refractivity contribution in [2.45, 2.75) is 53.4 Å². The predicted molar refractivity (Wildman–Crippen MR) is 97.1 cm³/mol. The Bertz CT molecular complexity index is 639. The number of β-lactam (4-membered cyclic amide) rings is 1. The Morgan fingerprint density at radius 2 is 2.08 bits per heavy atom. The first kappa shape index (κ1) is 18.2. The summed E-state index contributed by atoms with van der Waals surface area (Å²) in [5.74, 6) is -0.213. The molecule has 1 saturated heterocycles. The molecule has 0 bridgehead atoms. The van der Waals surface area contributed by atoms with Crippen LogP contribution in [-0.4, -0.2) is 18.4 Å². The summed E-state index contributed by atoms with van der Waals surface area (Å²) in [6.45, 7) is 9.36. The van der Waals surface area contributed by atoms with Crippen LogP contribution >= 0.6 is 0 Å².